The predicted molar refractivity (Wildman–Crippen MR) is 131 cm³/mol. The van der Waals surface area contributed by atoms with Crippen LogP contribution in [0.1, 0.15) is 43.2 Å². The summed E-state index contributed by atoms with van der Waals surface area (Å²) in [6, 6.07) is 21.6. The van der Waals surface area contributed by atoms with Crippen molar-refractivity contribution in [1.82, 2.24) is 0 Å². The first-order valence-electron chi connectivity index (χ1n) is 11.9. The zero-order valence-corrected chi connectivity index (χ0v) is 19.6. The van der Waals surface area contributed by atoms with E-state index in [1.807, 2.05) is 0 Å². The van der Waals surface area contributed by atoms with Gasteiger partial charge in [0.1, 0.15) is 0 Å². The van der Waals surface area contributed by atoms with Crippen molar-refractivity contribution in [2.75, 3.05) is 52.9 Å². The molecule has 2 N–H and O–H groups in total. The van der Waals surface area contributed by atoms with Crippen molar-refractivity contribution in [2.45, 2.75) is 37.5 Å². The molecular formula is C28H38O5. The lowest BCUT2D eigenvalue weighted by Crippen LogP contribution is -2.26. The number of rotatable bonds is 12. The van der Waals surface area contributed by atoms with E-state index < -0.39 is 0 Å². The van der Waals surface area contributed by atoms with Crippen LogP contribution in [0.2, 0.25) is 0 Å². The highest BCUT2D eigenvalue weighted by Crippen LogP contribution is 2.37. The first-order chi connectivity index (χ1) is 16.3. The second kappa shape index (κ2) is 17.3. The van der Waals surface area contributed by atoms with Crippen LogP contribution in [0.4, 0.5) is 0 Å². The fraction of sp³-hybridized carbons (Fsp3) is 0.500. The van der Waals surface area contributed by atoms with Gasteiger partial charge in [0.2, 0.25) is 0 Å². The van der Waals surface area contributed by atoms with Gasteiger partial charge >= 0.3 is 0 Å². The van der Waals surface area contributed by atoms with Crippen LogP contribution in [-0.2, 0) is 19.6 Å². The maximum atomic E-state index is 8.36. The summed E-state index contributed by atoms with van der Waals surface area (Å²) < 4.78 is 15.0. The van der Waals surface area contributed by atoms with Gasteiger partial charge in [-0.15, -0.1) is 5.92 Å². The van der Waals surface area contributed by atoms with E-state index in [0.29, 0.717) is 39.6 Å². The number of hydrogen-bond donors (Lipinski definition) is 2. The molecule has 0 heterocycles. The van der Waals surface area contributed by atoms with Gasteiger partial charge in [-0.25, -0.2) is 0 Å². The molecule has 180 valence electrons. The van der Waals surface area contributed by atoms with Crippen LogP contribution in [0, 0.1) is 11.8 Å². The maximum Gasteiger partial charge on any atom is 0.0811 e. The third kappa shape index (κ3) is 10.1. The van der Waals surface area contributed by atoms with Gasteiger partial charge in [-0.1, -0.05) is 79.4 Å². The third-order valence-corrected chi connectivity index (χ3v) is 5.40. The number of aliphatic hydroxyl groups is 2. The van der Waals surface area contributed by atoms with Crippen LogP contribution in [0.15, 0.2) is 60.7 Å². The summed E-state index contributed by atoms with van der Waals surface area (Å²) in [4.78, 5) is 0. The van der Waals surface area contributed by atoms with Gasteiger partial charge in [0.25, 0.3) is 0 Å². The Morgan fingerprint density at radius 2 is 1.12 bits per heavy atom. The fourth-order valence-corrected chi connectivity index (χ4v) is 3.77. The van der Waals surface area contributed by atoms with Crippen LogP contribution in [0.25, 0.3) is 0 Å². The van der Waals surface area contributed by atoms with Crippen molar-refractivity contribution in [3.05, 3.63) is 71.8 Å². The maximum absolute atomic E-state index is 8.36. The van der Waals surface area contributed by atoms with E-state index in [-0.39, 0.29) is 18.6 Å². The van der Waals surface area contributed by atoms with E-state index in [1.165, 1.54) is 30.4 Å². The molecule has 0 aliphatic heterocycles. The molecule has 1 aliphatic rings. The average Bonchev–Trinajstić information content (AvgIpc) is 2.85. The highest BCUT2D eigenvalue weighted by Gasteiger charge is 2.32. The summed E-state index contributed by atoms with van der Waals surface area (Å²) in [6.07, 6.45) is 5.93. The number of aliphatic hydroxyl groups excluding tert-OH is 2. The van der Waals surface area contributed by atoms with Crippen molar-refractivity contribution in [2.24, 2.45) is 0 Å². The van der Waals surface area contributed by atoms with Gasteiger partial charge in [0, 0.05) is 6.42 Å². The molecule has 0 saturated carbocycles. The van der Waals surface area contributed by atoms with Gasteiger partial charge in [-0.05, 0) is 24.0 Å². The van der Waals surface area contributed by atoms with Crippen molar-refractivity contribution >= 4 is 0 Å². The van der Waals surface area contributed by atoms with Crippen molar-refractivity contribution in [3.63, 3.8) is 0 Å². The zero-order valence-electron chi connectivity index (χ0n) is 19.6. The highest BCUT2D eigenvalue weighted by atomic mass is 16.5. The minimum atomic E-state index is -0.122. The van der Waals surface area contributed by atoms with Crippen LogP contribution in [0.3, 0.4) is 0 Å². The molecule has 5 nitrogen and oxygen atoms in total. The molecule has 0 atom stereocenters. The molecular weight excluding hydrogens is 416 g/mol. The lowest BCUT2D eigenvalue weighted by molar-refractivity contribution is 0.00230. The Morgan fingerprint density at radius 1 is 0.636 bits per heavy atom. The number of hydrogen-bond acceptors (Lipinski definition) is 5. The van der Waals surface area contributed by atoms with Gasteiger partial charge in [-0.3, -0.25) is 0 Å². The first kappa shape index (κ1) is 27.0. The zero-order chi connectivity index (χ0) is 23.5. The second-order valence-electron chi connectivity index (χ2n) is 7.78. The fourth-order valence-electron chi connectivity index (χ4n) is 3.77. The standard InChI is InChI=1S/C20H20.C8H18O5/c1-2-10-16-20(17-11-3-1,18-12-6-4-7-13-18)19-14-8-5-9-15-19;9-1-3-11-5-7-13-8-6-12-4-2-10/h4-9,12-15H,1-3,10,16H2;9-10H,1-8H2. The first-order valence-corrected chi connectivity index (χ1v) is 11.9. The van der Waals surface area contributed by atoms with E-state index >= 15 is 0 Å². The molecule has 2 aromatic rings. The minimum Gasteiger partial charge on any atom is -0.394 e. The Balaban J connectivity index is 0.000000260. The molecule has 1 aliphatic carbocycles. The molecule has 3 rings (SSSR count). The molecule has 0 saturated heterocycles. The Kier molecular flexibility index (Phi) is 14.2. The van der Waals surface area contributed by atoms with Gasteiger partial charge < -0.3 is 24.4 Å². The number of ether oxygens (including phenoxy) is 3. The lowest BCUT2D eigenvalue weighted by Gasteiger charge is -2.31. The topological polar surface area (TPSA) is 68.2 Å². The van der Waals surface area contributed by atoms with Crippen LogP contribution < -0.4 is 0 Å². The smallest absolute Gasteiger partial charge is 0.0811 e. The van der Waals surface area contributed by atoms with Gasteiger partial charge in [0.05, 0.1) is 58.3 Å². The van der Waals surface area contributed by atoms with Gasteiger partial charge in [-0.2, -0.15) is 0 Å². The third-order valence-electron chi connectivity index (χ3n) is 5.40. The normalized spacial score (nSPS) is 14.7. The molecule has 2 aromatic carbocycles. The average molecular weight is 455 g/mol. The molecule has 0 fully saturated rings. The highest BCUT2D eigenvalue weighted by molar-refractivity contribution is 5.48. The summed E-state index contributed by atoms with van der Waals surface area (Å²) in [6.45, 7) is 2.76. The molecule has 0 radical (unpaired) electrons. The minimum absolute atomic E-state index is 0.0413. The summed E-state index contributed by atoms with van der Waals surface area (Å²) >= 11 is 0. The second-order valence-corrected chi connectivity index (χ2v) is 7.78. The molecule has 0 aromatic heterocycles. The summed E-state index contributed by atoms with van der Waals surface area (Å²) in [5.41, 5.74) is 2.55. The van der Waals surface area contributed by atoms with Crippen molar-refractivity contribution in [3.8, 4) is 11.8 Å². The van der Waals surface area contributed by atoms with E-state index in [9.17, 15) is 0 Å². The van der Waals surface area contributed by atoms with Crippen LogP contribution in [0.5, 0.6) is 0 Å². The Bertz CT molecular complexity index is 733. The number of benzene rings is 2. The molecule has 5 heteroatoms. The van der Waals surface area contributed by atoms with E-state index in [1.54, 1.807) is 0 Å². The largest absolute Gasteiger partial charge is 0.394 e. The summed E-state index contributed by atoms with van der Waals surface area (Å²) in [5, 5.41) is 16.7. The van der Waals surface area contributed by atoms with Crippen LogP contribution >= 0.6 is 0 Å². The Hall–Kier alpha value is -2.20. The van der Waals surface area contributed by atoms with Gasteiger partial charge in [0.15, 0.2) is 0 Å². The van der Waals surface area contributed by atoms with E-state index in [4.69, 9.17) is 24.4 Å². The quantitative estimate of drug-likeness (QED) is 0.375. The molecule has 0 amide bonds. The predicted octanol–water partition coefficient (Wildman–Crippen LogP) is 3.96. The summed E-state index contributed by atoms with van der Waals surface area (Å²) in [5.74, 6) is 7.04. The molecule has 0 unspecified atom stereocenters. The molecule has 33 heavy (non-hydrogen) atoms. The Morgan fingerprint density at radius 3 is 1.61 bits per heavy atom. The molecule has 0 spiro atoms. The van der Waals surface area contributed by atoms with Crippen molar-refractivity contribution < 1.29 is 24.4 Å². The lowest BCUT2D eigenvalue weighted by atomic mass is 9.71. The van der Waals surface area contributed by atoms with E-state index in [0.717, 1.165) is 12.8 Å². The monoisotopic (exact) mass is 454 g/mol. The summed E-state index contributed by atoms with van der Waals surface area (Å²) in [7, 11) is 0. The van der Waals surface area contributed by atoms with Crippen LogP contribution in [-0.4, -0.2) is 63.1 Å². The molecule has 0 bridgehead atoms. The Labute approximate surface area is 198 Å². The SMILES string of the molecule is C1#CC(c2ccccc2)(c2ccccc2)CCCCC1.OCCOCCOCCOCCO. The van der Waals surface area contributed by atoms with Crippen molar-refractivity contribution in [1.29, 1.82) is 0 Å². The van der Waals surface area contributed by atoms with E-state index in [2.05, 4.69) is 72.5 Å².